The minimum Gasteiger partial charge on any atom is -0.478 e. The Balaban J connectivity index is 2.27. The van der Waals surface area contributed by atoms with Crippen molar-refractivity contribution in [3.05, 3.63) is 11.6 Å². The van der Waals surface area contributed by atoms with E-state index in [1.54, 1.807) is 0 Å². The summed E-state index contributed by atoms with van der Waals surface area (Å²) in [5.41, 5.74) is -0.0476. The van der Waals surface area contributed by atoms with Crippen LogP contribution in [0.2, 0.25) is 0 Å². The third-order valence-electron chi connectivity index (χ3n) is 7.19. The van der Waals surface area contributed by atoms with Gasteiger partial charge in [0, 0.05) is 6.08 Å². The third kappa shape index (κ3) is 3.41. The standard InChI is InChI=1S/C20H34O4/c1-13(12-17(22)23)6-7-15-19(4)10-9-16(21)18(2,3)14(19)8-11-20(15,5)24/h12,14-16,21,24H,6-11H2,1-5H3,(H,22,23)/b13-12+/t14-,15+,16-,19-,20+/m0/s1. The molecule has 0 heterocycles. The number of hydrogen-bond acceptors (Lipinski definition) is 3. The molecule has 4 nitrogen and oxygen atoms in total. The molecule has 0 spiro atoms. The molecule has 5 atom stereocenters. The van der Waals surface area contributed by atoms with E-state index in [-0.39, 0.29) is 22.9 Å². The number of rotatable bonds is 4. The highest BCUT2D eigenvalue weighted by atomic mass is 16.4. The van der Waals surface area contributed by atoms with E-state index in [0.717, 1.165) is 37.7 Å². The minimum atomic E-state index is -0.908. The van der Waals surface area contributed by atoms with Crippen LogP contribution in [0.1, 0.15) is 73.1 Å². The van der Waals surface area contributed by atoms with Gasteiger partial charge >= 0.3 is 5.97 Å². The van der Waals surface area contributed by atoms with Gasteiger partial charge in [-0.1, -0.05) is 26.3 Å². The number of aliphatic carboxylic acids is 1. The first-order valence-corrected chi connectivity index (χ1v) is 9.22. The molecule has 2 saturated carbocycles. The van der Waals surface area contributed by atoms with E-state index in [1.165, 1.54) is 6.08 Å². The van der Waals surface area contributed by atoms with Crippen molar-refractivity contribution in [2.75, 3.05) is 0 Å². The summed E-state index contributed by atoms with van der Waals surface area (Å²) in [6.45, 7) is 10.4. The fourth-order valence-electron chi connectivity index (χ4n) is 5.81. The van der Waals surface area contributed by atoms with Crippen LogP contribution in [-0.2, 0) is 4.79 Å². The van der Waals surface area contributed by atoms with Crippen molar-refractivity contribution in [2.45, 2.75) is 84.8 Å². The fourth-order valence-corrected chi connectivity index (χ4v) is 5.81. The van der Waals surface area contributed by atoms with Gasteiger partial charge in [0.1, 0.15) is 0 Å². The van der Waals surface area contributed by atoms with Crippen LogP contribution in [0.5, 0.6) is 0 Å². The molecule has 0 unspecified atom stereocenters. The summed E-state index contributed by atoms with van der Waals surface area (Å²) in [5.74, 6) is -0.413. The van der Waals surface area contributed by atoms with Crippen LogP contribution in [0.4, 0.5) is 0 Å². The Labute approximate surface area is 146 Å². The van der Waals surface area contributed by atoms with Gasteiger partial charge in [-0.3, -0.25) is 0 Å². The van der Waals surface area contributed by atoms with Gasteiger partial charge in [0.15, 0.2) is 0 Å². The van der Waals surface area contributed by atoms with E-state index in [0.29, 0.717) is 12.3 Å². The van der Waals surface area contributed by atoms with Gasteiger partial charge in [0.05, 0.1) is 11.7 Å². The quantitative estimate of drug-likeness (QED) is 0.682. The number of carboxylic acid groups (broad SMARTS) is 1. The van der Waals surface area contributed by atoms with Crippen molar-refractivity contribution in [1.82, 2.24) is 0 Å². The molecule has 0 radical (unpaired) electrons. The summed E-state index contributed by atoms with van der Waals surface area (Å²) in [5, 5.41) is 30.5. The average molecular weight is 338 g/mol. The van der Waals surface area contributed by atoms with Crippen molar-refractivity contribution in [3.63, 3.8) is 0 Å². The second kappa shape index (κ2) is 6.45. The van der Waals surface area contributed by atoms with Gasteiger partial charge in [-0.15, -0.1) is 0 Å². The molecule has 0 aromatic heterocycles. The van der Waals surface area contributed by atoms with Crippen molar-refractivity contribution in [3.8, 4) is 0 Å². The molecule has 0 saturated heterocycles. The maximum atomic E-state index is 11.1. The number of carboxylic acids is 1. The molecular weight excluding hydrogens is 304 g/mol. The van der Waals surface area contributed by atoms with E-state index in [4.69, 9.17) is 5.11 Å². The van der Waals surface area contributed by atoms with Crippen LogP contribution >= 0.6 is 0 Å². The van der Waals surface area contributed by atoms with Crippen molar-refractivity contribution in [1.29, 1.82) is 0 Å². The summed E-state index contributed by atoms with van der Waals surface area (Å²) in [7, 11) is 0. The van der Waals surface area contributed by atoms with Crippen molar-refractivity contribution in [2.24, 2.45) is 22.7 Å². The zero-order chi connectivity index (χ0) is 18.3. The Hall–Kier alpha value is -0.870. The highest BCUT2D eigenvalue weighted by Gasteiger charge is 2.59. The summed E-state index contributed by atoms with van der Waals surface area (Å²) in [4.78, 5) is 10.8. The molecule has 2 aliphatic carbocycles. The van der Waals surface area contributed by atoms with Crippen LogP contribution in [0.25, 0.3) is 0 Å². The Morgan fingerprint density at radius 1 is 1.17 bits per heavy atom. The topological polar surface area (TPSA) is 77.8 Å². The van der Waals surface area contributed by atoms with E-state index in [2.05, 4.69) is 20.8 Å². The van der Waals surface area contributed by atoms with Crippen LogP contribution in [-0.4, -0.2) is 33.0 Å². The molecule has 138 valence electrons. The molecule has 0 aliphatic heterocycles. The van der Waals surface area contributed by atoms with Crippen LogP contribution < -0.4 is 0 Å². The lowest BCUT2D eigenvalue weighted by Crippen LogP contribution is -2.60. The SMILES string of the molecule is C/C(=C\C(=O)O)CC[C@@H]1[C@@]2(C)CC[C@H](O)C(C)(C)[C@@H]2CC[C@@]1(C)O. The van der Waals surface area contributed by atoms with Gasteiger partial charge < -0.3 is 15.3 Å². The second-order valence-corrected chi connectivity index (χ2v) is 9.25. The molecule has 0 bridgehead atoms. The monoisotopic (exact) mass is 338 g/mol. The maximum absolute atomic E-state index is 11.1. The van der Waals surface area contributed by atoms with Gasteiger partial charge in [0.2, 0.25) is 0 Å². The highest BCUT2D eigenvalue weighted by Crippen LogP contribution is 2.62. The fraction of sp³-hybridized carbons (Fsp3) is 0.850. The minimum absolute atomic E-state index is 0.0199. The third-order valence-corrected chi connectivity index (χ3v) is 7.19. The molecule has 24 heavy (non-hydrogen) atoms. The summed E-state index contributed by atoms with van der Waals surface area (Å²) in [6.07, 6.45) is 5.85. The number of aliphatic hydroxyl groups excluding tert-OH is 1. The molecule has 0 aromatic carbocycles. The van der Waals surface area contributed by atoms with Gasteiger partial charge in [-0.2, -0.15) is 0 Å². The first-order chi connectivity index (χ1) is 10.9. The van der Waals surface area contributed by atoms with Crippen molar-refractivity contribution < 1.29 is 20.1 Å². The summed E-state index contributed by atoms with van der Waals surface area (Å²) < 4.78 is 0. The molecule has 0 aromatic rings. The largest absolute Gasteiger partial charge is 0.478 e. The first-order valence-electron chi connectivity index (χ1n) is 9.22. The van der Waals surface area contributed by atoms with E-state index < -0.39 is 11.6 Å². The smallest absolute Gasteiger partial charge is 0.328 e. The number of carbonyl (C=O) groups is 1. The molecule has 3 N–H and O–H groups in total. The zero-order valence-corrected chi connectivity index (χ0v) is 15.8. The van der Waals surface area contributed by atoms with Crippen molar-refractivity contribution >= 4 is 5.97 Å². The van der Waals surface area contributed by atoms with Crippen LogP contribution in [0.15, 0.2) is 11.6 Å². The molecule has 0 amide bonds. The van der Waals surface area contributed by atoms with E-state index >= 15 is 0 Å². The van der Waals surface area contributed by atoms with E-state index in [9.17, 15) is 15.0 Å². The molecule has 2 fully saturated rings. The second-order valence-electron chi connectivity index (χ2n) is 9.25. The lowest BCUT2D eigenvalue weighted by Gasteiger charge is -2.62. The normalized spacial score (nSPS) is 42.5. The number of allylic oxidation sites excluding steroid dienone is 1. The Morgan fingerprint density at radius 3 is 2.38 bits per heavy atom. The van der Waals surface area contributed by atoms with Gasteiger partial charge in [-0.05, 0) is 75.0 Å². The Kier molecular flexibility index (Phi) is 5.23. The van der Waals surface area contributed by atoms with Crippen LogP contribution in [0, 0.1) is 22.7 Å². The number of hydrogen-bond donors (Lipinski definition) is 3. The highest BCUT2D eigenvalue weighted by molar-refractivity contribution is 5.80. The van der Waals surface area contributed by atoms with E-state index in [1.807, 2.05) is 13.8 Å². The summed E-state index contributed by atoms with van der Waals surface area (Å²) >= 11 is 0. The lowest BCUT2D eigenvalue weighted by molar-refractivity contribution is -0.195. The molecule has 4 heteroatoms. The van der Waals surface area contributed by atoms with Gasteiger partial charge in [0.25, 0.3) is 0 Å². The summed E-state index contributed by atoms with van der Waals surface area (Å²) in [6, 6.07) is 0. The number of aliphatic hydroxyl groups is 2. The maximum Gasteiger partial charge on any atom is 0.328 e. The molecule has 2 aliphatic rings. The van der Waals surface area contributed by atoms with Gasteiger partial charge in [-0.25, -0.2) is 4.79 Å². The number of fused-ring (bicyclic) bond motifs is 1. The Bertz CT molecular complexity index is 520. The zero-order valence-electron chi connectivity index (χ0n) is 15.8. The predicted octanol–water partition coefficient (Wildman–Crippen LogP) is 3.76. The Morgan fingerprint density at radius 2 is 1.79 bits per heavy atom. The molecular formula is C20H34O4. The lowest BCUT2D eigenvalue weighted by atomic mass is 9.44. The molecule has 2 rings (SSSR count). The first kappa shape index (κ1) is 19.5. The predicted molar refractivity (Wildman–Crippen MR) is 94.6 cm³/mol. The average Bonchev–Trinajstić information content (AvgIpc) is 2.41. The van der Waals surface area contributed by atoms with Crippen LogP contribution in [0.3, 0.4) is 0 Å².